The van der Waals surface area contributed by atoms with Crippen LogP contribution in [0.5, 0.6) is 0 Å². The minimum Gasteiger partial charge on any atom is -0.359 e. The number of hydrogen-bond donors (Lipinski definition) is 3. The van der Waals surface area contributed by atoms with Gasteiger partial charge in [0, 0.05) is 22.8 Å². The van der Waals surface area contributed by atoms with Crippen molar-refractivity contribution in [2.75, 3.05) is 10.6 Å². The molecule has 3 rings (SSSR count). The Bertz CT molecular complexity index is 784. The van der Waals surface area contributed by atoms with Gasteiger partial charge in [0.25, 0.3) is 0 Å². The van der Waals surface area contributed by atoms with Crippen molar-refractivity contribution in [2.24, 2.45) is 0 Å². The van der Waals surface area contributed by atoms with E-state index in [1.165, 1.54) is 0 Å². The summed E-state index contributed by atoms with van der Waals surface area (Å²) < 4.78 is 0. The number of anilines is 2. The largest absolute Gasteiger partial charge is 0.359 e. The molecule has 21 heavy (non-hydrogen) atoms. The van der Waals surface area contributed by atoms with Gasteiger partial charge in [-0.05, 0) is 43.2 Å². The first-order chi connectivity index (χ1) is 10.1. The summed E-state index contributed by atoms with van der Waals surface area (Å²) in [5.74, 6) is 0. The number of aromatic amines is 1. The van der Waals surface area contributed by atoms with Crippen molar-refractivity contribution in [3.05, 3.63) is 59.8 Å². The van der Waals surface area contributed by atoms with E-state index in [0.717, 1.165) is 33.4 Å². The molecule has 0 saturated carbocycles. The highest BCUT2D eigenvalue weighted by Gasteiger charge is 2.07. The second-order valence-electron chi connectivity index (χ2n) is 5.20. The highest BCUT2D eigenvalue weighted by molar-refractivity contribution is 6.05. The molecule has 0 atom stereocenters. The number of urea groups is 1. The Hall–Kier alpha value is -2.75. The summed E-state index contributed by atoms with van der Waals surface area (Å²) in [6.07, 6.45) is 1.80. The molecule has 0 aliphatic heterocycles. The molecule has 1 heterocycles. The lowest BCUT2D eigenvalue weighted by Gasteiger charge is -2.08. The fourth-order valence-corrected chi connectivity index (χ4v) is 2.51. The number of rotatable bonds is 2. The third-order valence-corrected chi connectivity index (χ3v) is 3.32. The van der Waals surface area contributed by atoms with Crippen LogP contribution in [0.1, 0.15) is 11.1 Å². The summed E-state index contributed by atoms with van der Waals surface area (Å²) >= 11 is 0. The molecule has 106 valence electrons. The van der Waals surface area contributed by atoms with E-state index in [-0.39, 0.29) is 6.03 Å². The zero-order chi connectivity index (χ0) is 14.8. The molecule has 2 amide bonds. The molecular weight excluding hydrogens is 262 g/mol. The number of nitrogens with one attached hydrogen (secondary N) is 3. The molecular formula is C17H17N3O. The molecule has 0 spiro atoms. The first-order valence-electron chi connectivity index (χ1n) is 6.84. The third-order valence-electron chi connectivity index (χ3n) is 3.32. The minimum atomic E-state index is -0.246. The van der Waals surface area contributed by atoms with Crippen molar-refractivity contribution in [1.29, 1.82) is 0 Å². The van der Waals surface area contributed by atoms with Crippen LogP contribution in [0.4, 0.5) is 16.2 Å². The maximum Gasteiger partial charge on any atom is 0.323 e. The second-order valence-corrected chi connectivity index (χ2v) is 5.20. The monoisotopic (exact) mass is 279 g/mol. The molecule has 0 fully saturated rings. The first kappa shape index (κ1) is 13.2. The van der Waals surface area contributed by atoms with Crippen molar-refractivity contribution in [2.45, 2.75) is 13.8 Å². The van der Waals surface area contributed by atoms with E-state index in [1.54, 1.807) is 6.20 Å². The number of para-hydroxylation sites is 1. The summed E-state index contributed by atoms with van der Waals surface area (Å²) in [5.41, 5.74) is 4.81. The Morgan fingerprint density at radius 3 is 2.48 bits per heavy atom. The lowest BCUT2D eigenvalue weighted by molar-refractivity contribution is 0.262. The summed E-state index contributed by atoms with van der Waals surface area (Å²) in [6.45, 7) is 4.02. The third kappa shape index (κ3) is 2.89. The van der Waals surface area contributed by atoms with E-state index in [9.17, 15) is 4.79 Å². The van der Waals surface area contributed by atoms with E-state index < -0.39 is 0 Å². The Kier molecular flexibility index (Phi) is 3.36. The van der Waals surface area contributed by atoms with Gasteiger partial charge in [-0.1, -0.05) is 24.3 Å². The SMILES string of the molecule is Cc1cc(C)cc(NC(=O)Nc2c[nH]c3ccccc23)c1. The van der Waals surface area contributed by atoms with Crippen LogP contribution in [0.2, 0.25) is 0 Å². The van der Waals surface area contributed by atoms with Gasteiger partial charge < -0.3 is 15.6 Å². The average Bonchev–Trinajstić information content (AvgIpc) is 2.81. The molecule has 0 aliphatic rings. The predicted octanol–water partition coefficient (Wildman–Crippen LogP) is 4.43. The Morgan fingerprint density at radius 2 is 1.71 bits per heavy atom. The van der Waals surface area contributed by atoms with E-state index in [0.29, 0.717) is 0 Å². The number of aryl methyl sites for hydroxylation is 2. The molecule has 0 bridgehead atoms. The highest BCUT2D eigenvalue weighted by Crippen LogP contribution is 2.22. The van der Waals surface area contributed by atoms with Gasteiger partial charge in [0.2, 0.25) is 0 Å². The molecule has 4 heteroatoms. The van der Waals surface area contributed by atoms with E-state index in [4.69, 9.17) is 0 Å². The number of benzene rings is 2. The molecule has 3 N–H and O–H groups in total. The van der Waals surface area contributed by atoms with Crippen molar-refractivity contribution in [3.63, 3.8) is 0 Å². The van der Waals surface area contributed by atoms with Crippen LogP contribution in [0.3, 0.4) is 0 Å². The normalized spacial score (nSPS) is 10.6. The minimum absolute atomic E-state index is 0.246. The second kappa shape index (κ2) is 5.32. The standard InChI is InChI=1S/C17H17N3O/c1-11-7-12(2)9-13(8-11)19-17(21)20-16-10-18-15-6-4-3-5-14(15)16/h3-10,18H,1-2H3,(H2,19,20,21). The van der Waals surface area contributed by atoms with Gasteiger partial charge in [0.05, 0.1) is 5.69 Å². The van der Waals surface area contributed by atoms with Gasteiger partial charge in [-0.3, -0.25) is 0 Å². The Morgan fingerprint density at radius 1 is 1.00 bits per heavy atom. The zero-order valence-corrected chi connectivity index (χ0v) is 12.0. The van der Waals surface area contributed by atoms with Gasteiger partial charge in [-0.2, -0.15) is 0 Å². The van der Waals surface area contributed by atoms with Crippen molar-refractivity contribution < 1.29 is 4.79 Å². The predicted molar refractivity (Wildman–Crippen MR) is 86.9 cm³/mol. The summed E-state index contributed by atoms with van der Waals surface area (Å²) in [6, 6.07) is 13.6. The molecule has 2 aromatic carbocycles. The zero-order valence-electron chi connectivity index (χ0n) is 12.0. The summed E-state index contributed by atoms with van der Waals surface area (Å²) in [5, 5.41) is 6.73. The molecule has 0 aliphatic carbocycles. The van der Waals surface area contributed by atoms with Gasteiger partial charge in [-0.25, -0.2) is 4.79 Å². The number of aromatic nitrogens is 1. The van der Waals surface area contributed by atoms with Crippen molar-refractivity contribution >= 4 is 28.3 Å². The molecule has 0 saturated heterocycles. The van der Waals surface area contributed by atoms with E-state index in [1.807, 2.05) is 50.2 Å². The molecule has 1 aromatic heterocycles. The van der Waals surface area contributed by atoms with E-state index >= 15 is 0 Å². The van der Waals surface area contributed by atoms with Gasteiger partial charge in [0.15, 0.2) is 0 Å². The number of H-pyrrole nitrogens is 1. The fourth-order valence-electron chi connectivity index (χ4n) is 2.51. The quantitative estimate of drug-likeness (QED) is 0.638. The topological polar surface area (TPSA) is 56.9 Å². The molecule has 0 unspecified atom stereocenters. The maximum absolute atomic E-state index is 12.1. The smallest absolute Gasteiger partial charge is 0.323 e. The number of hydrogen-bond acceptors (Lipinski definition) is 1. The Labute approximate surface area is 123 Å². The van der Waals surface area contributed by atoms with Crippen LogP contribution in [0.15, 0.2) is 48.7 Å². The van der Waals surface area contributed by atoms with Crippen LogP contribution in [0, 0.1) is 13.8 Å². The number of carbonyl (C=O) groups excluding carboxylic acids is 1. The van der Waals surface area contributed by atoms with Crippen LogP contribution in [-0.4, -0.2) is 11.0 Å². The van der Waals surface area contributed by atoms with Gasteiger partial charge in [0.1, 0.15) is 0 Å². The van der Waals surface area contributed by atoms with Gasteiger partial charge >= 0.3 is 6.03 Å². The van der Waals surface area contributed by atoms with Crippen molar-refractivity contribution in [1.82, 2.24) is 4.98 Å². The number of amides is 2. The maximum atomic E-state index is 12.1. The lowest BCUT2D eigenvalue weighted by atomic mass is 10.1. The van der Waals surface area contributed by atoms with Crippen molar-refractivity contribution in [3.8, 4) is 0 Å². The number of carbonyl (C=O) groups is 1. The summed E-state index contributed by atoms with van der Waals surface area (Å²) in [4.78, 5) is 15.2. The molecule has 4 nitrogen and oxygen atoms in total. The summed E-state index contributed by atoms with van der Waals surface area (Å²) in [7, 11) is 0. The first-order valence-corrected chi connectivity index (χ1v) is 6.84. The highest BCUT2D eigenvalue weighted by atomic mass is 16.2. The lowest BCUT2D eigenvalue weighted by Crippen LogP contribution is -2.19. The number of fused-ring (bicyclic) bond motifs is 1. The molecule has 3 aromatic rings. The average molecular weight is 279 g/mol. The van der Waals surface area contributed by atoms with Crippen LogP contribution >= 0.6 is 0 Å². The van der Waals surface area contributed by atoms with E-state index in [2.05, 4.69) is 21.7 Å². The Balaban J connectivity index is 1.77. The van der Waals surface area contributed by atoms with Crippen LogP contribution < -0.4 is 10.6 Å². The fraction of sp³-hybridized carbons (Fsp3) is 0.118. The van der Waals surface area contributed by atoms with Crippen LogP contribution in [-0.2, 0) is 0 Å². The van der Waals surface area contributed by atoms with Crippen LogP contribution in [0.25, 0.3) is 10.9 Å². The van der Waals surface area contributed by atoms with Gasteiger partial charge in [-0.15, -0.1) is 0 Å². The molecule has 0 radical (unpaired) electrons.